The van der Waals surface area contributed by atoms with Crippen LogP contribution in [0.25, 0.3) is 0 Å². The highest BCUT2D eigenvalue weighted by Crippen LogP contribution is 2.40. The molecule has 76 valence electrons. The van der Waals surface area contributed by atoms with Crippen molar-refractivity contribution in [1.82, 2.24) is 0 Å². The summed E-state index contributed by atoms with van der Waals surface area (Å²) >= 11 is 6.07. The molecule has 1 aromatic rings. The first-order valence-electron chi connectivity index (χ1n) is 4.90. The average Bonchev–Trinajstić information content (AvgIpc) is 2.58. The van der Waals surface area contributed by atoms with Gasteiger partial charge in [-0.3, -0.25) is 0 Å². The third-order valence-corrected chi connectivity index (χ3v) is 3.31. The van der Waals surface area contributed by atoms with Crippen LogP contribution in [-0.4, -0.2) is 5.11 Å². The first-order valence-corrected chi connectivity index (χ1v) is 5.27. The zero-order valence-corrected chi connectivity index (χ0v) is 8.72. The molecule has 0 spiro atoms. The van der Waals surface area contributed by atoms with E-state index in [-0.39, 0.29) is 11.3 Å². The molecule has 1 fully saturated rings. The molecule has 0 radical (unpaired) electrons. The van der Waals surface area contributed by atoms with E-state index < -0.39 is 0 Å². The Morgan fingerprint density at radius 3 is 2.57 bits per heavy atom. The summed E-state index contributed by atoms with van der Waals surface area (Å²) in [6.45, 7) is 0. The molecule has 0 aromatic heterocycles. The van der Waals surface area contributed by atoms with Gasteiger partial charge >= 0.3 is 0 Å². The van der Waals surface area contributed by atoms with E-state index in [1.807, 2.05) is 0 Å². The Hall–Kier alpha value is -0.730. The maximum Gasteiger partial charge on any atom is 0.116 e. The normalized spacial score (nSPS) is 19.9. The Balaban J connectivity index is 2.44. The second-order valence-corrected chi connectivity index (χ2v) is 4.43. The molecule has 0 atom stereocenters. The van der Waals surface area contributed by atoms with Gasteiger partial charge in [-0.05, 0) is 36.6 Å². The fourth-order valence-corrected chi connectivity index (χ4v) is 2.48. The second-order valence-electron chi connectivity index (χ2n) is 4.03. The summed E-state index contributed by atoms with van der Waals surface area (Å²) < 4.78 is 0. The number of phenolic OH excluding ortho intramolecular Hbond substituents is 1. The topological polar surface area (TPSA) is 46.2 Å². The SMILES string of the molecule is NC1(c2cc(O)ccc2Cl)CCCC1. The van der Waals surface area contributed by atoms with Crippen molar-refractivity contribution >= 4 is 11.6 Å². The maximum atomic E-state index is 9.40. The number of nitrogens with two attached hydrogens (primary N) is 1. The molecule has 2 rings (SSSR count). The lowest BCUT2D eigenvalue weighted by atomic mass is 9.89. The summed E-state index contributed by atoms with van der Waals surface area (Å²) in [7, 11) is 0. The zero-order chi connectivity index (χ0) is 10.2. The van der Waals surface area contributed by atoms with Gasteiger partial charge in [0.25, 0.3) is 0 Å². The van der Waals surface area contributed by atoms with Crippen LogP contribution in [0.5, 0.6) is 5.75 Å². The lowest BCUT2D eigenvalue weighted by Crippen LogP contribution is -2.33. The van der Waals surface area contributed by atoms with Gasteiger partial charge in [0.05, 0.1) is 0 Å². The van der Waals surface area contributed by atoms with Gasteiger partial charge < -0.3 is 10.8 Å². The summed E-state index contributed by atoms with van der Waals surface area (Å²) in [5, 5.41) is 10.1. The van der Waals surface area contributed by atoms with E-state index in [0.29, 0.717) is 5.02 Å². The molecule has 0 heterocycles. The molecule has 1 aromatic carbocycles. The van der Waals surface area contributed by atoms with E-state index >= 15 is 0 Å². The Morgan fingerprint density at radius 2 is 1.93 bits per heavy atom. The zero-order valence-electron chi connectivity index (χ0n) is 7.96. The van der Waals surface area contributed by atoms with Gasteiger partial charge in [-0.15, -0.1) is 0 Å². The number of hydrogen-bond acceptors (Lipinski definition) is 2. The highest BCUT2D eigenvalue weighted by molar-refractivity contribution is 6.31. The minimum atomic E-state index is -0.324. The molecular weight excluding hydrogens is 198 g/mol. The number of rotatable bonds is 1. The first-order chi connectivity index (χ1) is 6.62. The molecule has 1 aliphatic rings. The highest BCUT2D eigenvalue weighted by atomic mass is 35.5. The Morgan fingerprint density at radius 1 is 1.29 bits per heavy atom. The number of hydrogen-bond donors (Lipinski definition) is 2. The fourth-order valence-electron chi connectivity index (χ4n) is 2.17. The highest BCUT2D eigenvalue weighted by Gasteiger charge is 2.33. The summed E-state index contributed by atoms with van der Waals surface area (Å²) in [6, 6.07) is 4.98. The fraction of sp³-hybridized carbons (Fsp3) is 0.455. The molecule has 0 amide bonds. The van der Waals surface area contributed by atoms with Crippen LogP contribution in [0.15, 0.2) is 18.2 Å². The van der Waals surface area contributed by atoms with Crippen LogP contribution >= 0.6 is 11.6 Å². The van der Waals surface area contributed by atoms with Crippen molar-refractivity contribution in [1.29, 1.82) is 0 Å². The quantitative estimate of drug-likeness (QED) is 0.751. The van der Waals surface area contributed by atoms with Gasteiger partial charge in [-0.1, -0.05) is 24.4 Å². The minimum absolute atomic E-state index is 0.237. The number of aromatic hydroxyl groups is 1. The third kappa shape index (κ3) is 1.60. The van der Waals surface area contributed by atoms with Gasteiger partial charge in [0.15, 0.2) is 0 Å². The maximum absolute atomic E-state index is 9.40. The van der Waals surface area contributed by atoms with Crippen LogP contribution in [0.2, 0.25) is 5.02 Å². The standard InChI is InChI=1S/C11H14ClNO/c12-10-4-3-8(14)7-9(10)11(13)5-1-2-6-11/h3-4,7,14H,1-2,5-6,13H2. The first kappa shape index (κ1) is 9.81. The summed E-state index contributed by atoms with van der Waals surface area (Å²) in [5.74, 6) is 0.237. The van der Waals surface area contributed by atoms with Gasteiger partial charge in [-0.25, -0.2) is 0 Å². The van der Waals surface area contributed by atoms with Crippen molar-refractivity contribution in [3.05, 3.63) is 28.8 Å². The van der Waals surface area contributed by atoms with Gasteiger partial charge in [0.1, 0.15) is 5.75 Å². The molecule has 0 saturated heterocycles. The Labute approximate surface area is 88.7 Å². The predicted octanol–water partition coefficient (Wildman–Crippen LogP) is 2.77. The second kappa shape index (κ2) is 3.44. The number of phenols is 1. The van der Waals surface area contributed by atoms with Crippen LogP contribution in [0.4, 0.5) is 0 Å². The van der Waals surface area contributed by atoms with Crippen molar-refractivity contribution in [2.45, 2.75) is 31.2 Å². The average molecular weight is 212 g/mol. The lowest BCUT2D eigenvalue weighted by molar-refractivity contribution is 0.447. The van der Waals surface area contributed by atoms with Crippen molar-refractivity contribution in [3.63, 3.8) is 0 Å². The van der Waals surface area contributed by atoms with E-state index in [4.69, 9.17) is 17.3 Å². The molecule has 1 aliphatic carbocycles. The molecule has 0 bridgehead atoms. The van der Waals surface area contributed by atoms with Crippen LogP contribution in [0.3, 0.4) is 0 Å². The van der Waals surface area contributed by atoms with E-state index in [1.54, 1.807) is 18.2 Å². The van der Waals surface area contributed by atoms with E-state index in [2.05, 4.69) is 0 Å². The Bertz CT molecular complexity index is 345. The van der Waals surface area contributed by atoms with E-state index in [9.17, 15) is 5.11 Å². The largest absolute Gasteiger partial charge is 0.508 e. The molecular formula is C11H14ClNO. The minimum Gasteiger partial charge on any atom is -0.508 e. The molecule has 2 nitrogen and oxygen atoms in total. The van der Waals surface area contributed by atoms with Crippen LogP contribution in [0, 0.1) is 0 Å². The third-order valence-electron chi connectivity index (χ3n) is 2.98. The van der Waals surface area contributed by atoms with Crippen LogP contribution in [-0.2, 0) is 5.54 Å². The van der Waals surface area contributed by atoms with Crippen molar-refractivity contribution in [2.24, 2.45) is 5.73 Å². The van der Waals surface area contributed by atoms with Gasteiger partial charge in [-0.2, -0.15) is 0 Å². The predicted molar refractivity (Wildman–Crippen MR) is 57.5 cm³/mol. The molecule has 14 heavy (non-hydrogen) atoms. The number of halogens is 1. The van der Waals surface area contributed by atoms with E-state index in [0.717, 1.165) is 31.2 Å². The molecule has 0 unspecified atom stereocenters. The van der Waals surface area contributed by atoms with Crippen molar-refractivity contribution in [2.75, 3.05) is 0 Å². The number of benzene rings is 1. The summed E-state index contributed by atoms with van der Waals surface area (Å²) in [5.41, 5.74) is 6.82. The van der Waals surface area contributed by atoms with Crippen molar-refractivity contribution in [3.8, 4) is 5.75 Å². The smallest absolute Gasteiger partial charge is 0.116 e. The Kier molecular flexibility index (Phi) is 2.41. The summed E-state index contributed by atoms with van der Waals surface area (Å²) in [6.07, 6.45) is 4.19. The van der Waals surface area contributed by atoms with Crippen LogP contribution < -0.4 is 5.73 Å². The van der Waals surface area contributed by atoms with Crippen molar-refractivity contribution < 1.29 is 5.11 Å². The molecule has 3 heteroatoms. The van der Waals surface area contributed by atoms with Gasteiger partial charge in [0.2, 0.25) is 0 Å². The van der Waals surface area contributed by atoms with Gasteiger partial charge in [0, 0.05) is 10.6 Å². The molecule has 3 N–H and O–H groups in total. The summed E-state index contributed by atoms with van der Waals surface area (Å²) in [4.78, 5) is 0. The van der Waals surface area contributed by atoms with E-state index in [1.165, 1.54) is 0 Å². The molecule has 0 aliphatic heterocycles. The van der Waals surface area contributed by atoms with Crippen LogP contribution in [0.1, 0.15) is 31.2 Å². The molecule has 1 saturated carbocycles. The monoisotopic (exact) mass is 211 g/mol. The lowest BCUT2D eigenvalue weighted by Gasteiger charge is -2.25.